The number of nitriles is 1. The molecule has 4 rings (SSSR count). The number of nitrogens with one attached hydrogen (secondary N) is 2. The number of carbonyl (C=O) groups is 5. The highest BCUT2D eigenvalue weighted by Gasteiger charge is 2.41. The molecule has 11 heteroatoms. The van der Waals surface area contributed by atoms with E-state index in [1.54, 1.807) is 78.9 Å². The lowest BCUT2D eigenvalue weighted by Crippen LogP contribution is -2.48. The summed E-state index contributed by atoms with van der Waals surface area (Å²) in [6.45, 7) is 1.39. The molecule has 0 saturated carbocycles. The zero-order valence-electron chi connectivity index (χ0n) is 24.4. The van der Waals surface area contributed by atoms with E-state index in [1.807, 2.05) is 0 Å². The van der Waals surface area contributed by atoms with Gasteiger partial charge in [0.15, 0.2) is 0 Å². The van der Waals surface area contributed by atoms with Crippen LogP contribution in [0.1, 0.15) is 38.8 Å². The lowest BCUT2D eigenvalue weighted by molar-refractivity contribution is -0.157. The Hall–Kier alpha value is -6.54. The van der Waals surface area contributed by atoms with Gasteiger partial charge in [0.1, 0.15) is 0 Å². The molecule has 0 fully saturated rings. The Bertz CT molecular complexity index is 1800. The number of anilines is 2. The number of nitrogens with zero attached hydrogens (tertiary/aromatic N) is 1. The van der Waals surface area contributed by atoms with Crippen molar-refractivity contribution in [2.45, 2.75) is 19.1 Å². The summed E-state index contributed by atoms with van der Waals surface area (Å²) < 4.78 is 10.5. The van der Waals surface area contributed by atoms with Crippen molar-refractivity contribution in [3.05, 3.63) is 131 Å². The lowest BCUT2D eigenvalue weighted by Gasteiger charge is -2.23. The van der Waals surface area contributed by atoms with Crippen LogP contribution in [-0.4, -0.2) is 47.0 Å². The summed E-state index contributed by atoms with van der Waals surface area (Å²) in [5.41, 5.74) is 2.43. The molecule has 4 aromatic rings. The molecule has 0 radical (unpaired) electrons. The number of esters is 2. The van der Waals surface area contributed by atoms with E-state index in [9.17, 15) is 34.3 Å². The number of allylic oxidation sites excluding steroid dienone is 1. The van der Waals surface area contributed by atoms with Gasteiger partial charge in [-0.05, 0) is 65.7 Å². The van der Waals surface area contributed by atoms with Crippen LogP contribution in [-0.2, 0) is 23.9 Å². The number of carboxylic acids is 1. The maximum atomic E-state index is 13.4. The second-order valence-corrected chi connectivity index (χ2v) is 9.76. The summed E-state index contributed by atoms with van der Waals surface area (Å²) in [5, 5.41) is 24.8. The summed E-state index contributed by atoms with van der Waals surface area (Å²) in [6, 6.07) is 30.2. The molecule has 0 spiro atoms. The van der Waals surface area contributed by atoms with Crippen LogP contribution in [0.15, 0.2) is 109 Å². The minimum Gasteiger partial charge on any atom is -0.478 e. The van der Waals surface area contributed by atoms with Crippen LogP contribution in [0.4, 0.5) is 11.4 Å². The van der Waals surface area contributed by atoms with Crippen LogP contribution < -0.4 is 10.6 Å². The first-order valence-corrected chi connectivity index (χ1v) is 13.8. The maximum absolute atomic E-state index is 13.4. The number of hydrogen-bond acceptors (Lipinski definition) is 8. The SMILES string of the molecule is CC(=O)Nc1ccc(/C(C#N)=C/c2ccc(NC(=O)[C@@H](OC(=O)c3ccccc3)[C@H](OC(=O)c3ccccc3)C(=O)O)cc2)cc1. The van der Waals surface area contributed by atoms with E-state index in [4.69, 9.17) is 9.47 Å². The van der Waals surface area contributed by atoms with Crippen LogP contribution in [0.3, 0.4) is 0 Å². The number of amides is 2. The molecule has 0 aliphatic heterocycles. The predicted octanol–water partition coefficient (Wildman–Crippen LogP) is 5.18. The second-order valence-electron chi connectivity index (χ2n) is 9.76. The van der Waals surface area contributed by atoms with Gasteiger partial charge in [0.25, 0.3) is 5.91 Å². The van der Waals surface area contributed by atoms with E-state index in [1.165, 1.54) is 43.3 Å². The highest BCUT2D eigenvalue weighted by molar-refractivity contribution is 6.01. The molecule has 4 aromatic carbocycles. The van der Waals surface area contributed by atoms with Crippen LogP contribution >= 0.6 is 0 Å². The van der Waals surface area contributed by atoms with Gasteiger partial charge in [-0.3, -0.25) is 9.59 Å². The van der Waals surface area contributed by atoms with Gasteiger partial charge in [-0.1, -0.05) is 60.7 Å². The molecule has 0 saturated heterocycles. The predicted molar refractivity (Wildman–Crippen MR) is 168 cm³/mol. The van der Waals surface area contributed by atoms with Crippen molar-refractivity contribution in [2.24, 2.45) is 0 Å². The van der Waals surface area contributed by atoms with E-state index < -0.39 is 36.0 Å². The number of carboxylic acid groups (broad SMARTS) is 1. The Morgan fingerprint density at radius 1 is 0.674 bits per heavy atom. The highest BCUT2D eigenvalue weighted by Crippen LogP contribution is 2.22. The topological polar surface area (TPSA) is 172 Å². The molecule has 11 nitrogen and oxygen atoms in total. The summed E-state index contributed by atoms with van der Waals surface area (Å²) in [4.78, 5) is 62.5. The van der Waals surface area contributed by atoms with E-state index in [-0.39, 0.29) is 22.7 Å². The number of benzene rings is 4. The molecule has 3 N–H and O–H groups in total. The Morgan fingerprint density at radius 2 is 1.15 bits per heavy atom. The molecule has 0 aliphatic rings. The van der Waals surface area contributed by atoms with Gasteiger partial charge in [-0.15, -0.1) is 0 Å². The lowest BCUT2D eigenvalue weighted by atomic mass is 10.0. The minimum atomic E-state index is -2.18. The van der Waals surface area contributed by atoms with Gasteiger partial charge in [0, 0.05) is 18.3 Å². The third kappa shape index (κ3) is 8.75. The Morgan fingerprint density at radius 3 is 1.63 bits per heavy atom. The molecule has 0 aliphatic carbocycles. The Balaban J connectivity index is 1.55. The summed E-state index contributed by atoms with van der Waals surface area (Å²) >= 11 is 0. The van der Waals surface area contributed by atoms with E-state index >= 15 is 0 Å². The standard InChI is InChI=1S/C35H27N3O8/c1-22(39)37-28-18-14-24(15-19-28)27(21-36)20-23-12-16-29(17-13-23)38-32(40)30(45-34(43)25-8-4-2-5-9-25)31(33(41)42)46-35(44)26-10-6-3-7-11-26/h2-20,30-31H,1H3,(H,37,39)(H,38,40)(H,41,42)/b27-20+/t30-,31-/m0/s1. The second kappa shape index (κ2) is 15.3. The summed E-state index contributed by atoms with van der Waals surface area (Å²) in [6.07, 6.45) is -2.63. The number of rotatable bonds is 11. The first-order valence-electron chi connectivity index (χ1n) is 13.8. The first kappa shape index (κ1) is 32.4. The van der Waals surface area contributed by atoms with Gasteiger partial charge >= 0.3 is 17.9 Å². The average Bonchev–Trinajstić information content (AvgIpc) is 3.06. The fraction of sp³-hybridized carbons (Fsp3) is 0.0857. The Labute approximate surface area is 263 Å². The van der Waals surface area contributed by atoms with Crippen molar-refractivity contribution in [1.29, 1.82) is 5.26 Å². The largest absolute Gasteiger partial charge is 0.478 e. The van der Waals surface area contributed by atoms with Crippen molar-refractivity contribution in [1.82, 2.24) is 0 Å². The highest BCUT2D eigenvalue weighted by atomic mass is 16.6. The number of ether oxygens (including phenoxy) is 2. The Kier molecular flexibility index (Phi) is 10.7. The van der Waals surface area contributed by atoms with Gasteiger partial charge in [0.05, 0.1) is 22.8 Å². The monoisotopic (exact) mass is 617 g/mol. The third-order valence-electron chi connectivity index (χ3n) is 6.39. The third-order valence-corrected chi connectivity index (χ3v) is 6.39. The number of hydrogen-bond donors (Lipinski definition) is 3. The van der Waals surface area contributed by atoms with Gasteiger partial charge in [-0.2, -0.15) is 5.26 Å². The van der Waals surface area contributed by atoms with E-state index in [0.717, 1.165) is 0 Å². The maximum Gasteiger partial charge on any atom is 0.349 e. The van der Waals surface area contributed by atoms with Gasteiger partial charge in [-0.25, -0.2) is 14.4 Å². The first-order chi connectivity index (χ1) is 22.1. The zero-order valence-corrected chi connectivity index (χ0v) is 24.4. The van der Waals surface area contributed by atoms with Crippen molar-refractivity contribution in [3.63, 3.8) is 0 Å². The molecule has 46 heavy (non-hydrogen) atoms. The van der Waals surface area contributed by atoms with Crippen LogP contribution in [0.25, 0.3) is 11.6 Å². The van der Waals surface area contributed by atoms with Crippen LogP contribution in [0.5, 0.6) is 0 Å². The quantitative estimate of drug-likeness (QED) is 0.116. The molecule has 230 valence electrons. The van der Waals surface area contributed by atoms with Crippen molar-refractivity contribution in [3.8, 4) is 6.07 Å². The summed E-state index contributed by atoms with van der Waals surface area (Å²) in [7, 11) is 0. The van der Waals surface area contributed by atoms with Crippen molar-refractivity contribution < 1.29 is 38.6 Å². The molecule has 0 heterocycles. The summed E-state index contributed by atoms with van der Waals surface area (Å²) in [5.74, 6) is -5.02. The normalized spacial score (nSPS) is 12.0. The molecular weight excluding hydrogens is 590 g/mol. The molecule has 0 bridgehead atoms. The molecule has 2 amide bonds. The molecule has 0 unspecified atom stereocenters. The number of carbonyl (C=O) groups excluding carboxylic acids is 4. The van der Waals surface area contributed by atoms with Gasteiger partial charge in [0.2, 0.25) is 18.1 Å². The molecule has 2 atom stereocenters. The average molecular weight is 618 g/mol. The smallest absolute Gasteiger partial charge is 0.349 e. The minimum absolute atomic E-state index is 0.0337. The van der Waals surface area contributed by atoms with Crippen molar-refractivity contribution >= 4 is 52.7 Å². The fourth-order valence-electron chi connectivity index (χ4n) is 4.17. The van der Waals surface area contributed by atoms with Crippen LogP contribution in [0.2, 0.25) is 0 Å². The zero-order chi connectivity index (χ0) is 33.1. The number of aliphatic carboxylic acids is 1. The van der Waals surface area contributed by atoms with E-state index in [0.29, 0.717) is 22.4 Å². The molecule has 0 aromatic heterocycles. The van der Waals surface area contributed by atoms with Crippen molar-refractivity contribution in [2.75, 3.05) is 10.6 Å². The van der Waals surface area contributed by atoms with E-state index in [2.05, 4.69) is 16.7 Å². The fourth-order valence-corrected chi connectivity index (χ4v) is 4.17. The van der Waals surface area contributed by atoms with Gasteiger partial charge < -0.3 is 25.2 Å². The van der Waals surface area contributed by atoms with Crippen LogP contribution in [0, 0.1) is 11.3 Å². The molecular formula is C35H27N3O8.